The van der Waals surface area contributed by atoms with Gasteiger partial charge in [-0.15, -0.1) is 10.2 Å². The van der Waals surface area contributed by atoms with E-state index in [0.717, 1.165) is 90.0 Å². The third-order valence-corrected chi connectivity index (χ3v) is 10.6. The number of hydrogen-bond donors (Lipinski definition) is 0. The minimum Gasteiger partial charge on any atom is -0.497 e. The molecule has 12 heteroatoms. The molecule has 0 N–H and O–H groups in total. The fourth-order valence-electron chi connectivity index (χ4n) is 7.58. The summed E-state index contributed by atoms with van der Waals surface area (Å²) in [6.45, 7) is 6.93. The predicted molar refractivity (Wildman–Crippen MR) is 221 cm³/mol. The lowest BCUT2D eigenvalue weighted by Crippen LogP contribution is -2.46. The molecule has 8 aromatic rings. The molecule has 1 aliphatic rings. The van der Waals surface area contributed by atoms with Crippen molar-refractivity contribution >= 4 is 32.7 Å². The first-order chi connectivity index (χ1) is 28.0. The molecule has 9 rings (SSSR count). The van der Waals surface area contributed by atoms with Crippen LogP contribution < -0.4 is 15.0 Å². The van der Waals surface area contributed by atoms with Crippen LogP contribution in [-0.2, 0) is 26.2 Å². The molecule has 4 aromatic heterocycles. The van der Waals surface area contributed by atoms with E-state index < -0.39 is 0 Å². The van der Waals surface area contributed by atoms with Gasteiger partial charge in [-0.3, -0.25) is 14.7 Å². The predicted octanol–water partition coefficient (Wildman–Crippen LogP) is 6.60. The van der Waals surface area contributed by atoms with E-state index in [9.17, 15) is 4.79 Å². The fraction of sp³-hybridized carbons (Fsp3) is 0.244. The second-order valence-electron chi connectivity index (χ2n) is 14.5. The van der Waals surface area contributed by atoms with Crippen LogP contribution in [0.2, 0.25) is 0 Å². The third kappa shape index (κ3) is 8.23. The van der Waals surface area contributed by atoms with Crippen molar-refractivity contribution in [2.75, 3.05) is 39.8 Å². The molecule has 4 aromatic carbocycles. The van der Waals surface area contributed by atoms with Gasteiger partial charge in [0.15, 0.2) is 0 Å². The topological polar surface area (TPSA) is 116 Å². The van der Waals surface area contributed by atoms with E-state index >= 15 is 0 Å². The summed E-state index contributed by atoms with van der Waals surface area (Å²) in [5, 5.41) is 16.5. The minimum absolute atomic E-state index is 0.141. The van der Waals surface area contributed by atoms with E-state index in [1.165, 1.54) is 10.2 Å². The lowest BCUT2D eigenvalue weighted by Gasteiger charge is -2.34. The van der Waals surface area contributed by atoms with Gasteiger partial charge in [0.1, 0.15) is 18.1 Å². The number of methoxy groups -OCH3 is 1. The van der Waals surface area contributed by atoms with E-state index in [0.29, 0.717) is 36.8 Å². The van der Waals surface area contributed by atoms with E-state index in [1.807, 2.05) is 95.6 Å². The Morgan fingerprint density at radius 2 is 1.39 bits per heavy atom. The van der Waals surface area contributed by atoms with Gasteiger partial charge < -0.3 is 18.9 Å². The highest BCUT2D eigenvalue weighted by Gasteiger charge is 2.19. The van der Waals surface area contributed by atoms with Crippen LogP contribution in [0.4, 0.5) is 0 Å². The summed E-state index contributed by atoms with van der Waals surface area (Å²) in [4.78, 5) is 30.2. The van der Waals surface area contributed by atoms with E-state index in [4.69, 9.17) is 19.4 Å². The number of hydrogen-bond acceptors (Lipinski definition) is 10. The molecular weight excluding hydrogens is 715 g/mol. The average molecular weight is 758 g/mol. The number of nitrogens with zero attached hydrogens (tertiary/aromatic N) is 9. The van der Waals surface area contributed by atoms with Crippen molar-refractivity contribution in [3.63, 3.8) is 0 Å². The molecule has 0 radical (unpaired) electrons. The molecule has 286 valence electrons. The van der Waals surface area contributed by atoms with Crippen LogP contribution in [0, 0.1) is 0 Å². The molecule has 1 saturated heterocycles. The first kappa shape index (κ1) is 36.2. The Morgan fingerprint density at radius 1 is 0.649 bits per heavy atom. The van der Waals surface area contributed by atoms with Crippen LogP contribution in [-0.4, -0.2) is 84.4 Å². The molecule has 0 amide bonds. The number of tetrazole rings is 1. The number of ether oxygens (including phenoxy) is 2. The Kier molecular flexibility index (Phi) is 10.3. The van der Waals surface area contributed by atoms with E-state index in [1.54, 1.807) is 7.11 Å². The summed E-state index contributed by atoms with van der Waals surface area (Å²) in [6.07, 6.45) is 0.826. The monoisotopic (exact) mass is 757 g/mol. The molecule has 5 heterocycles. The number of para-hydroxylation sites is 2. The molecule has 0 bridgehead atoms. The van der Waals surface area contributed by atoms with Crippen molar-refractivity contribution in [2.45, 2.75) is 32.7 Å². The van der Waals surface area contributed by atoms with Gasteiger partial charge in [-0.2, -0.15) is 4.80 Å². The summed E-state index contributed by atoms with van der Waals surface area (Å²) in [5.74, 6) is 1.71. The fourth-order valence-corrected chi connectivity index (χ4v) is 7.58. The van der Waals surface area contributed by atoms with Gasteiger partial charge in [-0.05, 0) is 84.4 Å². The standard InChI is InChI=1S/C45H43N9O3/c1-56-38-18-19-43-35(27-38)28-40(45(55)53(43)21-7-20-51-22-24-52(25-23-51)30-36-16-14-33-9-2-4-12-41(33)46-36)44-48-50-54(49-44)29-32-8-6-11-39(26-32)57-31-37-17-15-34-10-3-5-13-42(34)47-37/h2-6,8-19,26-28H,7,20-25,29-31H2,1H3. The van der Waals surface area contributed by atoms with Gasteiger partial charge in [0.25, 0.3) is 5.56 Å². The summed E-state index contributed by atoms with van der Waals surface area (Å²) in [7, 11) is 1.64. The number of rotatable bonds is 13. The van der Waals surface area contributed by atoms with Crippen LogP contribution in [0.3, 0.4) is 0 Å². The van der Waals surface area contributed by atoms with Crippen molar-refractivity contribution in [1.29, 1.82) is 0 Å². The first-order valence-electron chi connectivity index (χ1n) is 19.4. The highest BCUT2D eigenvalue weighted by molar-refractivity contribution is 5.84. The van der Waals surface area contributed by atoms with Crippen molar-refractivity contribution in [2.24, 2.45) is 0 Å². The number of piperazine rings is 1. The minimum atomic E-state index is -0.141. The van der Waals surface area contributed by atoms with Gasteiger partial charge in [-0.1, -0.05) is 60.7 Å². The van der Waals surface area contributed by atoms with E-state index in [-0.39, 0.29) is 11.4 Å². The molecule has 0 aliphatic carbocycles. The third-order valence-electron chi connectivity index (χ3n) is 10.6. The zero-order chi connectivity index (χ0) is 38.6. The molecule has 57 heavy (non-hydrogen) atoms. The second kappa shape index (κ2) is 16.3. The van der Waals surface area contributed by atoms with Gasteiger partial charge in [0.05, 0.1) is 47.2 Å². The van der Waals surface area contributed by atoms with Crippen LogP contribution >= 0.6 is 0 Å². The summed E-state index contributed by atoms with van der Waals surface area (Å²) >= 11 is 0. The maximum absolute atomic E-state index is 14.2. The van der Waals surface area contributed by atoms with Crippen LogP contribution in [0.5, 0.6) is 11.5 Å². The molecule has 0 saturated carbocycles. The lowest BCUT2D eigenvalue weighted by molar-refractivity contribution is 0.124. The molecular formula is C45H43N9O3. The van der Waals surface area contributed by atoms with Gasteiger partial charge >= 0.3 is 0 Å². The summed E-state index contributed by atoms with van der Waals surface area (Å²) in [5.41, 5.74) is 5.98. The SMILES string of the molecule is COc1ccc2c(c1)cc(-c1nnn(Cc3cccc(OCc4ccc5ccccc5n4)c3)n1)c(=O)n2CCCN1CCN(Cc2ccc3ccccc3n2)CC1. The van der Waals surface area contributed by atoms with Crippen LogP contribution in [0.1, 0.15) is 23.4 Å². The zero-order valence-electron chi connectivity index (χ0n) is 31.9. The second-order valence-corrected chi connectivity index (χ2v) is 14.5. The largest absolute Gasteiger partial charge is 0.497 e. The van der Waals surface area contributed by atoms with Crippen LogP contribution in [0.25, 0.3) is 44.1 Å². The number of aromatic nitrogens is 7. The number of pyridine rings is 3. The number of fused-ring (bicyclic) bond motifs is 3. The Morgan fingerprint density at radius 3 is 2.18 bits per heavy atom. The van der Waals surface area contributed by atoms with Crippen molar-refractivity contribution in [3.05, 3.63) is 149 Å². The number of benzene rings is 4. The number of aryl methyl sites for hydroxylation is 1. The summed E-state index contributed by atoms with van der Waals surface area (Å²) < 4.78 is 13.5. The van der Waals surface area contributed by atoms with Gasteiger partial charge in [-0.25, -0.2) is 4.98 Å². The smallest absolute Gasteiger partial charge is 0.262 e. The molecule has 0 unspecified atom stereocenters. The Bertz CT molecular complexity index is 2740. The Balaban J connectivity index is 0.851. The first-order valence-corrected chi connectivity index (χ1v) is 19.4. The van der Waals surface area contributed by atoms with Gasteiger partial charge in [0, 0.05) is 55.4 Å². The van der Waals surface area contributed by atoms with Crippen LogP contribution in [0.15, 0.2) is 126 Å². The Labute approximate surface area is 329 Å². The molecule has 0 spiro atoms. The lowest BCUT2D eigenvalue weighted by atomic mass is 10.1. The molecule has 1 fully saturated rings. The average Bonchev–Trinajstić information content (AvgIpc) is 3.72. The highest BCUT2D eigenvalue weighted by atomic mass is 16.5. The van der Waals surface area contributed by atoms with Gasteiger partial charge in [0.2, 0.25) is 5.82 Å². The quantitative estimate of drug-likeness (QED) is 0.128. The maximum atomic E-state index is 14.2. The Hall–Kier alpha value is -6.50. The highest BCUT2D eigenvalue weighted by Crippen LogP contribution is 2.24. The molecule has 12 nitrogen and oxygen atoms in total. The zero-order valence-corrected chi connectivity index (χ0v) is 31.9. The molecule has 0 atom stereocenters. The van der Waals surface area contributed by atoms with Crippen molar-refractivity contribution in [1.82, 2.24) is 44.5 Å². The normalized spacial score (nSPS) is 13.8. The van der Waals surface area contributed by atoms with E-state index in [2.05, 4.69) is 55.5 Å². The van der Waals surface area contributed by atoms with Crippen molar-refractivity contribution < 1.29 is 9.47 Å². The summed E-state index contributed by atoms with van der Waals surface area (Å²) in [6, 6.07) is 40.1. The maximum Gasteiger partial charge on any atom is 0.262 e. The van der Waals surface area contributed by atoms with Crippen molar-refractivity contribution in [3.8, 4) is 22.9 Å². The molecule has 1 aliphatic heterocycles.